The van der Waals surface area contributed by atoms with Crippen LogP contribution in [-0.2, 0) is 0 Å². The molecule has 0 radical (unpaired) electrons. The zero-order chi connectivity index (χ0) is 15.9. The van der Waals surface area contributed by atoms with Crippen LogP contribution in [0.25, 0.3) is 0 Å². The van der Waals surface area contributed by atoms with E-state index in [0.29, 0.717) is 18.1 Å². The number of benzene rings is 1. The maximum atomic E-state index is 12.9. The van der Waals surface area contributed by atoms with Crippen molar-refractivity contribution in [3.05, 3.63) is 53.6 Å². The van der Waals surface area contributed by atoms with Crippen LogP contribution in [-0.4, -0.2) is 34.1 Å². The summed E-state index contributed by atoms with van der Waals surface area (Å²) < 4.78 is 12.9. The molecular formula is C15H17FN4O2. The topological polar surface area (TPSA) is 87.1 Å². The fraction of sp³-hybridized carbons (Fsp3) is 0.267. The van der Waals surface area contributed by atoms with Crippen molar-refractivity contribution in [2.24, 2.45) is 0 Å². The summed E-state index contributed by atoms with van der Waals surface area (Å²) in [5, 5.41) is 15.0. The van der Waals surface area contributed by atoms with Crippen LogP contribution in [0.5, 0.6) is 0 Å². The van der Waals surface area contributed by atoms with Crippen molar-refractivity contribution in [3.63, 3.8) is 0 Å². The second-order valence-electron chi connectivity index (χ2n) is 4.59. The van der Waals surface area contributed by atoms with Crippen molar-refractivity contribution >= 4 is 11.9 Å². The van der Waals surface area contributed by atoms with E-state index < -0.39 is 11.9 Å². The summed E-state index contributed by atoms with van der Waals surface area (Å²) in [7, 11) is 0. The van der Waals surface area contributed by atoms with E-state index in [-0.39, 0.29) is 18.0 Å². The first kappa shape index (κ1) is 15.8. The molecular weight excluding hydrogens is 287 g/mol. The van der Waals surface area contributed by atoms with Crippen LogP contribution in [0.1, 0.15) is 28.9 Å². The molecule has 3 N–H and O–H groups in total. The number of aromatic nitrogens is 2. The number of aliphatic hydroxyl groups excluding tert-OH is 1. The number of hydrogen-bond acceptors (Lipinski definition) is 5. The molecule has 1 aromatic carbocycles. The summed E-state index contributed by atoms with van der Waals surface area (Å²) in [5.41, 5.74) is 0.893. The van der Waals surface area contributed by atoms with Crippen LogP contribution in [0.2, 0.25) is 0 Å². The number of rotatable bonds is 6. The number of halogens is 1. The Kier molecular flexibility index (Phi) is 5.37. The van der Waals surface area contributed by atoms with Crippen molar-refractivity contribution in [3.8, 4) is 0 Å². The molecule has 0 aliphatic rings. The molecule has 6 nitrogen and oxygen atoms in total. The summed E-state index contributed by atoms with van der Waals surface area (Å²) in [4.78, 5) is 20.2. The summed E-state index contributed by atoms with van der Waals surface area (Å²) in [6, 6.07) is 4.96. The molecule has 0 saturated heterocycles. The van der Waals surface area contributed by atoms with Gasteiger partial charge in [0, 0.05) is 18.9 Å². The van der Waals surface area contributed by atoms with E-state index >= 15 is 0 Å². The first-order valence-electron chi connectivity index (χ1n) is 6.87. The molecule has 1 amide bonds. The van der Waals surface area contributed by atoms with Gasteiger partial charge in [-0.3, -0.25) is 4.79 Å². The highest BCUT2D eigenvalue weighted by atomic mass is 19.1. The molecule has 1 aromatic heterocycles. The number of carbonyl (C=O) groups is 1. The van der Waals surface area contributed by atoms with Gasteiger partial charge >= 0.3 is 0 Å². The number of nitrogens with one attached hydrogen (secondary N) is 2. The number of aliphatic hydroxyl groups is 1. The minimum atomic E-state index is -0.624. The maximum Gasteiger partial charge on any atom is 0.254 e. The van der Waals surface area contributed by atoms with E-state index in [9.17, 15) is 14.3 Å². The first-order chi connectivity index (χ1) is 10.6. The van der Waals surface area contributed by atoms with E-state index in [1.165, 1.54) is 36.7 Å². The lowest BCUT2D eigenvalue weighted by atomic mass is 10.1. The predicted molar refractivity (Wildman–Crippen MR) is 79.9 cm³/mol. The lowest BCUT2D eigenvalue weighted by Crippen LogP contribution is -2.31. The fourth-order valence-corrected chi connectivity index (χ4v) is 1.87. The SMILES string of the molecule is CCNc1ncc(C(=O)N[C@@H](CO)c2ccc(F)cc2)cn1. The van der Waals surface area contributed by atoms with Gasteiger partial charge in [0.2, 0.25) is 5.95 Å². The fourth-order valence-electron chi connectivity index (χ4n) is 1.87. The van der Waals surface area contributed by atoms with Crippen LogP contribution in [0.4, 0.5) is 10.3 Å². The Morgan fingerprint density at radius 1 is 1.27 bits per heavy atom. The van der Waals surface area contributed by atoms with Crippen molar-refractivity contribution in [2.75, 3.05) is 18.5 Å². The van der Waals surface area contributed by atoms with Gasteiger partial charge < -0.3 is 15.7 Å². The van der Waals surface area contributed by atoms with Crippen molar-refractivity contribution in [1.29, 1.82) is 0 Å². The van der Waals surface area contributed by atoms with E-state index in [1.54, 1.807) is 0 Å². The van der Waals surface area contributed by atoms with Crippen molar-refractivity contribution in [1.82, 2.24) is 15.3 Å². The number of nitrogens with zero attached hydrogens (tertiary/aromatic N) is 2. The Morgan fingerprint density at radius 3 is 2.45 bits per heavy atom. The molecule has 0 aliphatic heterocycles. The van der Waals surface area contributed by atoms with Crippen LogP contribution >= 0.6 is 0 Å². The highest BCUT2D eigenvalue weighted by Crippen LogP contribution is 2.14. The molecule has 0 unspecified atom stereocenters. The van der Waals surface area contributed by atoms with E-state index in [0.717, 1.165) is 0 Å². The van der Waals surface area contributed by atoms with Gasteiger partial charge in [-0.25, -0.2) is 14.4 Å². The third kappa shape index (κ3) is 3.98. The molecule has 2 aromatic rings. The van der Waals surface area contributed by atoms with Gasteiger partial charge in [0.15, 0.2) is 0 Å². The van der Waals surface area contributed by atoms with Gasteiger partial charge in [0.05, 0.1) is 18.2 Å². The summed E-state index contributed by atoms with van der Waals surface area (Å²) in [5.74, 6) is -0.345. The molecule has 2 rings (SSSR count). The number of hydrogen-bond donors (Lipinski definition) is 3. The van der Waals surface area contributed by atoms with Gasteiger partial charge in [0.1, 0.15) is 5.82 Å². The lowest BCUT2D eigenvalue weighted by Gasteiger charge is -2.16. The summed E-state index contributed by atoms with van der Waals surface area (Å²) in [6.45, 7) is 2.30. The summed E-state index contributed by atoms with van der Waals surface area (Å²) >= 11 is 0. The molecule has 22 heavy (non-hydrogen) atoms. The van der Waals surface area contributed by atoms with Crippen LogP contribution < -0.4 is 10.6 Å². The van der Waals surface area contributed by atoms with Crippen molar-refractivity contribution < 1.29 is 14.3 Å². The highest BCUT2D eigenvalue weighted by Gasteiger charge is 2.15. The monoisotopic (exact) mass is 304 g/mol. The van der Waals surface area contributed by atoms with Gasteiger partial charge in [-0.1, -0.05) is 12.1 Å². The van der Waals surface area contributed by atoms with Gasteiger partial charge in [0.25, 0.3) is 5.91 Å². The largest absolute Gasteiger partial charge is 0.394 e. The van der Waals surface area contributed by atoms with Crippen LogP contribution in [0, 0.1) is 5.82 Å². The molecule has 1 heterocycles. The Bertz CT molecular complexity index is 616. The Labute approximate surface area is 127 Å². The average molecular weight is 304 g/mol. The Balaban J connectivity index is 2.06. The van der Waals surface area contributed by atoms with Crippen molar-refractivity contribution in [2.45, 2.75) is 13.0 Å². The van der Waals surface area contributed by atoms with Crippen LogP contribution in [0.3, 0.4) is 0 Å². The predicted octanol–water partition coefficient (Wildman–Crippen LogP) is 1.51. The molecule has 0 bridgehead atoms. The molecule has 116 valence electrons. The standard InChI is InChI=1S/C15H17FN4O2/c1-2-17-15-18-7-11(8-19-15)14(22)20-13(9-21)10-3-5-12(16)6-4-10/h3-8,13,21H,2,9H2,1H3,(H,20,22)(H,17,18,19)/t13-/m0/s1. The zero-order valence-electron chi connectivity index (χ0n) is 12.1. The van der Waals surface area contributed by atoms with Gasteiger partial charge in [-0.2, -0.15) is 0 Å². The van der Waals surface area contributed by atoms with E-state index in [2.05, 4.69) is 20.6 Å². The third-order valence-electron chi connectivity index (χ3n) is 3.01. The molecule has 1 atom stereocenters. The van der Waals surface area contributed by atoms with Crippen LogP contribution in [0.15, 0.2) is 36.7 Å². The maximum absolute atomic E-state index is 12.9. The lowest BCUT2D eigenvalue weighted by molar-refractivity contribution is 0.0915. The highest BCUT2D eigenvalue weighted by molar-refractivity contribution is 5.93. The smallest absolute Gasteiger partial charge is 0.254 e. The average Bonchev–Trinajstić information content (AvgIpc) is 2.54. The van der Waals surface area contributed by atoms with E-state index in [1.807, 2.05) is 6.92 Å². The number of anilines is 1. The molecule has 0 aliphatic carbocycles. The molecule has 0 saturated carbocycles. The first-order valence-corrected chi connectivity index (χ1v) is 6.87. The van der Waals surface area contributed by atoms with Gasteiger partial charge in [-0.15, -0.1) is 0 Å². The van der Waals surface area contributed by atoms with E-state index in [4.69, 9.17) is 0 Å². The minimum absolute atomic E-state index is 0.280. The van der Waals surface area contributed by atoms with Gasteiger partial charge in [-0.05, 0) is 24.6 Å². The Hall–Kier alpha value is -2.54. The number of amides is 1. The number of carbonyl (C=O) groups excluding carboxylic acids is 1. The third-order valence-corrected chi connectivity index (χ3v) is 3.01. The summed E-state index contributed by atoms with van der Waals surface area (Å²) in [6.07, 6.45) is 2.80. The molecule has 7 heteroatoms. The quantitative estimate of drug-likeness (QED) is 0.753. The Morgan fingerprint density at radius 2 is 1.91 bits per heavy atom. The zero-order valence-corrected chi connectivity index (χ0v) is 12.1. The second-order valence-corrected chi connectivity index (χ2v) is 4.59. The second kappa shape index (κ2) is 7.46. The minimum Gasteiger partial charge on any atom is -0.394 e. The normalized spacial score (nSPS) is 11.8. The molecule has 0 fully saturated rings. The molecule has 0 spiro atoms.